The summed E-state index contributed by atoms with van der Waals surface area (Å²) < 4.78 is 34.6. The van der Waals surface area contributed by atoms with Crippen molar-refractivity contribution in [3.8, 4) is 0 Å². The Morgan fingerprint density at radius 1 is 1.43 bits per heavy atom. The van der Waals surface area contributed by atoms with Gasteiger partial charge in [0.1, 0.15) is 4.90 Å². The van der Waals surface area contributed by atoms with Gasteiger partial charge in [0.15, 0.2) is 0 Å². The van der Waals surface area contributed by atoms with Gasteiger partial charge in [0.25, 0.3) is 9.05 Å². The molecule has 0 aliphatic carbocycles. The van der Waals surface area contributed by atoms with Crippen LogP contribution >= 0.6 is 10.7 Å². The van der Waals surface area contributed by atoms with Crippen LogP contribution in [0.3, 0.4) is 0 Å². The summed E-state index contributed by atoms with van der Waals surface area (Å²) in [4.78, 5) is 8.31. The molecule has 0 aliphatic rings. The van der Waals surface area contributed by atoms with E-state index in [9.17, 15) is 22.9 Å². The zero-order chi connectivity index (χ0) is 10.9. The molecule has 0 spiro atoms. The molecule has 0 N–H and O–H groups in total. The maximum atomic E-state index is 13.1. The molecule has 0 radical (unpaired) electrons. The van der Waals surface area contributed by atoms with E-state index in [1.54, 1.807) is 0 Å². The van der Waals surface area contributed by atoms with Crippen molar-refractivity contribution in [1.29, 1.82) is 0 Å². The number of hydrogen-bond acceptors (Lipinski definition) is 4. The van der Waals surface area contributed by atoms with Gasteiger partial charge in [-0.1, -0.05) is 6.07 Å². The summed E-state index contributed by atoms with van der Waals surface area (Å²) in [5.41, 5.74) is -0.924. The third-order valence-corrected chi connectivity index (χ3v) is 2.74. The molecule has 0 amide bonds. The number of hydrogen-bond donors (Lipinski definition) is 0. The first-order chi connectivity index (χ1) is 6.34. The zero-order valence-electron chi connectivity index (χ0n) is 6.48. The Hall–Kier alpha value is -1.21. The van der Waals surface area contributed by atoms with Gasteiger partial charge < -0.3 is 0 Å². The zero-order valence-corrected chi connectivity index (χ0v) is 8.05. The van der Waals surface area contributed by atoms with Crippen LogP contribution in [0.1, 0.15) is 0 Å². The van der Waals surface area contributed by atoms with Gasteiger partial charge in [0, 0.05) is 16.7 Å². The van der Waals surface area contributed by atoms with Crippen molar-refractivity contribution in [3.05, 3.63) is 34.1 Å². The Labute approximate surface area is 82.7 Å². The minimum Gasteiger partial charge on any atom is -0.258 e. The van der Waals surface area contributed by atoms with E-state index in [0.29, 0.717) is 0 Å². The van der Waals surface area contributed by atoms with Crippen LogP contribution in [0.25, 0.3) is 0 Å². The molecule has 0 unspecified atom stereocenters. The van der Waals surface area contributed by atoms with Gasteiger partial charge in [-0.2, -0.15) is 4.39 Å². The second-order valence-corrected chi connectivity index (χ2v) is 4.82. The Morgan fingerprint density at radius 3 is 2.43 bits per heavy atom. The van der Waals surface area contributed by atoms with Gasteiger partial charge in [0.2, 0.25) is 5.82 Å². The maximum Gasteiger partial charge on any atom is 0.306 e. The molecule has 1 aromatic carbocycles. The smallest absolute Gasteiger partial charge is 0.258 e. The molecule has 76 valence electrons. The summed E-state index contributed by atoms with van der Waals surface area (Å²) in [5.74, 6) is -1.45. The fraction of sp³-hybridized carbons (Fsp3) is 0. The number of benzene rings is 1. The molecule has 5 nitrogen and oxygen atoms in total. The van der Waals surface area contributed by atoms with E-state index in [-0.39, 0.29) is 0 Å². The van der Waals surface area contributed by atoms with Crippen LogP contribution in [-0.2, 0) is 9.05 Å². The molecule has 0 aromatic heterocycles. The van der Waals surface area contributed by atoms with Gasteiger partial charge in [0.05, 0.1) is 4.92 Å². The van der Waals surface area contributed by atoms with E-state index < -0.39 is 30.4 Å². The number of rotatable bonds is 2. The first-order valence-electron chi connectivity index (χ1n) is 3.21. The van der Waals surface area contributed by atoms with Crippen LogP contribution in [0, 0.1) is 15.9 Å². The summed E-state index contributed by atoms with van der Waals surface area (Å²) in [7, 11) is 0.553. The standard InChI is InChI=1S/C6H3ClFNO4S/c7-14(12,13)5-3-1-2-4(6(5)8)9(10)11/h1-3H. The second-order valence-electron chi connectivity index (χ2n) is 2.28. The molecule has 0 fully saturated rings. The van der Waals surface area contributed by atoms with Gasteiger partial charge in [-0.3, -0.25) is 10.1 Å². The van der Waals surface area contributed by atoms with Gasteiger partial charge >= 0.3 is 5.69 Å². The molecular formula is C6H3ClFNO4S. The van der Waals surface area contributed by atoms with Gasteiger partial charge in [-0.25, -0.2) is 8.42 Å². The Bertz CT molecular complexity index is 487. The molecule has 0 bridgehead atoms. The van der Waals surface area contributed by atoms with Crippen molar-refractivity contribution in [3.63, 3.8) is 0 Å². The van der Waals surface area contributed by atoms with Crippen LogP contribution < -0.4 is 0 Å². The van der Waals surface area contributed by atoms with Crippen molar-refractivity contribution < 1.29 is 17.7 Å². The second kappa shape index (κ2) is 3.50. The van der Waals surface area contributed by atoms with Crippen molar-refractivity contribution in [1.82, 2.24) is 0 Å². The van der Waals surface area contributed by atoms with Crippen molar-refractivity contribution in [2.75, 3.05) is 0 Å². The molecule has 0 saturated carbocycles. The topological polar surface area (TPSA) is 77.3 Å². The summed E-state index contributed by atoms with van der Waals surface area (Å²) in [6.07, 6.45) is 0. The van der Waals surface area contributed by atoms with Crippen LogP contribution in [0.5, 0.6) is 0 Å². The highest BCUT2D eigenvalue weighted by molar-refractivity contribution is 8.13. The summed E-state index contributed by atoms with van der Waals surface area (Å²) in [5, 5.41) is 10.2. The minimum atomic E-state index is -4.30. The van der Waals surface area contributed by atoms with E-state index in [2.05, 4.69) is 0 Å². The highest BCUT2D eigenvalue weighted by Crippen LogP contribution is 2.25. The van der Waals surface area contributed by atoms with E-state index in [1.165, 1.54) is 0 Å². The fourth-order valence-electron chi connectivity index (χ4n) is 0.829. The average molecular weight is 240 g/mol. The normalized spacial score (nSPS) is 11.3. The van der Waals surface area contributed by atoms with E-state index in [1.807, 2.05) is 0 Å². The first-order valence-corrected chi connectivity index (χ1v) is 5.52. The predicted molar refractivity (Wildman–Crippen MR) is 46.1 cm³/mol. The lowest BCUT2D eigenvalue weighted by Crippen LogP contribution is -1.99. The summed E-state index contributed by atoms with van der Waals surface area (Å²) >= 11 is 0. The van der Waals surface area contributed by atoms with Crippen molar-refractivity contribution >= 4 is 25.4 Å². The Balaban J connectivity index is 3.51. The highest BCUT2D eigenvalue weighted by atomic mass is 35.7. The van der Waals surface area contributed by atoms with Crippen LogP contribution in [0.15, 0.2) is 23.1 Å². The highest BCUT2D eigenvalue weighted by Gasteiger charge is 2.24. The monoisotopic (exact) mass is 239 g/mol. The quantitative estimate of drug-likeness (QED) is 0.447. The van der Waals surface area contributed by atoms with Gasteiger partial charge in [-0.05, 0) is 6.07 Å². The first kappa shape index (κ1) is 10.9. The van der Waals surface area contributed by atoms with E-state index in [4.69, 9.17) is 10.7 Å². The Kier molecular flexibility index (Phi) is 2.72. The third kappa shape index (κ3) is 1.99. The van der Waals surface area contributed by atoms with Gasteiger partial charge in [-0.15, -0.1) is 0 Å². The SMILES string of the molecule is O=[N+]([O-])c1cccc(S(=O)(=O)Cl)c1F. The maximum absolute atomic E-state index is 13.1. The van der Waals surface area contributed by atoms with Crippen molar-refractivity contribution in [2.24, 2.45) is 0 Å². The van der Waals surface area contributed by atoms with Crippen LogP contribution in [0.2, 0.25) is 0 Å². The lowest BCUT2D eigenvalue weighted by Gasteiger charge is -1.98. The molecule has 0 aliphatic heterocycles. The number of nitro groups is 1. The molecule has 1 rings (SSSR count). The lowest BCUT2D eigenvalue weighted by molar-refractivity contribution is -0.387. The lowest BCUT2D eigenvalue weighted by atomic mass is 10.3. The predicted octanol–water partition coefficient (Wildman–Crippen LogP) is 1.66. The summed E-state index contributed by atoms with van der Waals surface area (Å²) in [6, 6.07) is 2.74. The van der Waals surface area contributed by atoms with E-state index in [0.717, 1.165) is 18.2 Å². The minimum absolute atomic E-state index is 0.848. The number of halogens is 2. The molecule has 0 atom stereocenters. The molecule has 8 heteroatoms. The fourth-order valence-corrected chi connectivity index (χ4v) is 1.75. The molecular weight excluding hydrogens is 237 g/mol. The van der Waals surface area contributed by atoms with E-state index >= 15 is 0 Å². The number of nitrogens with zero attached hydrogens (tertiary/aromatic N) is 1. The number of nitro benzene ring substituents is 1. The van der Waals surface area contributed by atoms with Crippen LogP contribution in [-0.4, -0.2) is 13.3 Å². The molecule has 1 aromatic rings. The van der Waals surface area contributed by atoms with Crippen LogP contribution in [0.4, 0.5) is 10.1 Å². The molecule has 0 saturated heterocycles. The Morgan fingerprint density at radius 2 is 2.00 bits per heavy atom. The molecule has 14 heavy (non-hydrogen) atoms. The summed E-state index contributed by atoms with van der Waals surface area (Å²) in [6.45, 7) is 0. The average Bonchev–Trinajstić information content (AvgIpc) is 2.01. The molecule has 0 heterocycles. The largest absolute Gasteiger partial charge is 0.306 e. The van der Waals surface area contributed by atoms with Crippen molar-refractivity contribution in [2.45, 2.75) is 4.90 Å². The third-order valence-electron chi connectivity index (χ3n) is 1.40.